The fourth-order valence-electron chi connectivity index (χ4n) is 3.93. The third-order valence-electron chi connectivity index (χ3n) is 5.37. The second kappa shape index (κ2) is 9.00. The molecule has 1 atom stereocenters. The van der Waals surface area contributed by atoms with Gasteiger partial charge in [-0.05, 0) is 44.7 Å². The van der Waals surface area contributed by atoms with E-state index in [1.54, 1.807) is 11.3 Å². The lowest BCUT2D eigenvalue weighted by Gasteiger charge is -2.29. The van der Waals surface area contributed by atoms with Gasteiger partial charge in [-0.3, -0.25) is 4.79 Å². The maximum Gasteiger partial charge on any atom is 0.223 e. The van der Waals surface area contributed by atoms with Gasteiger partial charge in [-0.1, -0.05) is 39.5 Å². The number of carbonyl (C=O) groups is 1. The van der Waals surface area contributed by atoms with E-state index in [2.05, 4.69) is 25.2 Å². The van der Waals surface area contributed by atoms with Gasteiger partial charge in [0.15, 0.2) is 0 Å². The van der Waals surface area contributed by atoms with Gasteiger partial charge in [0.05, 0.1) is 6.10 Å². The Balaban J connectivity index is 2.06. The van der Waals surface area contributed by atoms with E-state index in [9.17, 15) is 9.90 Å². The van der Waals surface area contributed by atoms with Crippen LogP contribution < -0.4 is 5.32 Å². The van der Waals surface area contributed by atoms with Crippen molar-refractivity contribution >= 4 is 17.2 Å². The average Bonchev–Trinajstić information content (AvgIpc) is 3.22. The lowest BCUT2D eigenvalue weighted by molar-refractivity contribution is -0.125. The molecule has 24 heavy (non-hydrogen) atoms. The number of aliphatic hydroxyl groups is 1. The van der Waals surface area contributed by atoms with Crippen molar-refractivity contribution in [3.8, 4) is 0 Å². The van der Waals surface area contributed by atoms with Crippen LogP contribution in [0, 0.1) is 5.92 Å². The molecule has 0 aliphatic heterocycles. The number of thiophene rings is 1. The quantitative estimate of drug-likeness (QED) is 0.661. The Morgan fingerprint density at radius 1 is 1.25 bits per heavy atom. The summed E-state index contributed by atoms with van der Waals surface area (Å²) in [5.74, 6) is 0.395. The van der Waals surface area contributed by atoms with Crippen LogP contribution in [0.15, 0.2) is 12.1 Å². The summed E-state index contributed by atoms with van der Waals surface area (Å²) in [5.41, 5.74) is 0.0798. The van der Waals surface area contributed by atoms with E-state index in [1.165, 1.54) is 17.7 Å². The summed E-state index contributed by atoms with van der Waals surface area (Å²) in [6.07, 6.45) is 8.41. The fraction of sp³-hybridized carbons (Fsp3) is 0.750. The monoisotopic (exact) mass is 351 g/mol. The predicted octanol–water partition coefficient (Wildman–Crippen LogP) is 4.95. The van der Waals surface area contributed by atoms with Gasteiger partial charge in [-0.15, -0.1) is 11.3 Å². The molecule has 0 bridgehead atoms. The summed E-state index contributed by atoms with van der Waals surface area (Å²) < 4.78 is 0. The summed E-state index contributed by atoms with van der Waals surface area (Å²) in [4.78, 5) is 15.0. The Labute approximate surface area is 150 Å². The number of nitrogens with one attached hydrogen (secondary N) is 1. The van der Waals surface area contributed by atoms with Crippen LogP contribution in [0.25, 0.3) is 0 Å². The molecule has 1 unspecified atom stereocenters. The van der Waals surface area contributed by atoms with Gasteiger partial charge < -0.3 is 10.4 Å². The highest BCUT2D eigenvalue weighted by atomic mass is 32.1. The lowest BCUT2D eigenvalue weighted by Crippen LogP contribution is -2.41. The van der Waals surface area contributed by atoms with Crippen LogP contribution in [0.3, 0.4) is 0 Å². The van der Waals surface area contributed by atoms with Gasteiger partial charge in [0.1, 0.15) is 0 Å². The summed E-state index contributed by atoms with van der Waals surface area (Å²) in [6.45, 7) is 6.86. The normalized spacial score (nSPS) is 18.0. The molecule has 1 aromatic heterocycles. The molecule has 1 aliphatic carbocycles. The van der Waals surface area contributed by atoms with Crippen LogP contribution in [0.5, 0.6) is 0 Å². The Hall–Kier alpha value is -0.870. The molecule has 1 aromatic rings. The fourth-order valence-corrected chi connectivity index (χ4v) is 5.12. The lowest BCUT2D eigenvalue weighted by atomic mass is 9.84. The van der Waals surface area contributed by atoms with Gasteiger partial charge in [0, 0.05) is 27.6 Å². The molecule has 0 radical (unpaired) electrons. The third kappa shape index (κ3) is 4.60. The van der Waals surface area contributed by atoms with Crippen molar-refractivity contribution < 1.29 is 9.90 Å². The molecule has 1 amide bonds. The average molecular weight is 352 g/mol. The van der Waals surface area contributed by atoms with Gasteiger partial charge >= 0.3 is 0 Å². The molecule has 1 heterocycles. The second-order valence-electron chi connectivity index (χ2n) is 7.36. The largest absolute Gasteiger partial charge is 0.388 e. The van der Waals surface area contributed by atoms with Crippen LogP contribution in [0.4, 0.5) is 0 Å². The van der Waals surface area contributed by atoms with Crippen molar-refractivity contribution in [3.63, 3.8) is 0 Å². The summed E-state index contributed by atoms with van der Waals surface area (Å²) >= 11 is 1.72. The van der Waals surface area contributed by atoms with E-state index in [0.29, 0.717) is 0 Å². The van der Waals surface area contributed by atoms with Crippen LogP contribution in [0.1, 0.15) is 88.0 Å². The standard InChI is InChI=1S/C20H33NO2S/c1-4-8-16(9-5-2)19(23)21-14-20(12-6-7-13-20)18-11-10-17(24-18)15(3)22/h10-11,15-16,22H,4-9,12-14H2,1-3H3,(H,21,23). The van der Waals surface area contributed by atoms with Crippen LogP contribution in [0.2, 0.25) is 0 Å². The molecular formula is C20H33NO2S. The number of amides is 1. The predicted molar refractivity (Wildman–Crippen MR) is 101 cm³/mol. The SMILES string of the molecule is CCCC(CCC)C(=O)NCC1(c2ccc(C(C)O)s2)CCCC1. The Morgan fingerprint density at radius 2 is 1.88 bits per heavy atom. The van der Waals surface area contributed by atoms with Crippen molar-refractivity contribution in [1.29, 1.82) is 0 Å². The molecule has 0 saturated heterocycles. The minimum atomic E-state index is -0.407. The number of rotatable bonds is 9. The second-order valence-corrected chi connectivity index (χ2v) is 8.47. The number of hydrogen-bond donors (Lipinski definition) is 2. The Bertz CT molecular complexity index is 511. The van der Waals surface area contributed by atoms with E-state index in [4.69, 9.17) is 0 Å². The zero-order valence-corrected chi connectivity index (χ0v) is 16.3. The van der Waals surface area contributed by atoms with E-state index >= 15 is 0 Å². The van der Waals surface area contributed by atoms with Crippen molar-refractivity contribution in [2.45, 2.75) is 83.7 Å². The molecule has 4 heteroatoms. The molecule has 1 fully saturated rings. The molecule has 0 spiro atoms. The summed E-state index contributed by atoms with van der Waals surface area (Å²) in [7, 11) is 0. The van der Waals surface area contributed by atoms with Crippen LogP contribution in [-0.2, 0) is 10.2 Å². The third-order valence-corrected chi connectivity index (χ3v) is 6.87. The van der Waals surface area contributed by atoms with Gasteiger partial charge in [0.2, 0.25) is 5.91 Å². The minimum Gasteiger partial charge on any atom is -0.388 e. The molecule has 136 valence electrons. The zero-order chi connectivity index (χ0) is 17.6. The number of hydrogen-bond acceptors (Lipinski definition) is 3. The molecule has 2 N–H and O–H groups in total. The van der Waals surface area contributed by atoms with Crippen LogP contribution in [-0.4, -0.2) is 17.6 Å². The first kappa shape index (κ1) is 19.5. The van der Waals surface area contributed by atoms with Gasteiger partial charge in [0.25, 0.3) is 0 Å². The first-order chi connectivity index (χ1) is 11.5. The highest BCUT2D eigenvalue weighted by Crippen LogP contribution is 2.44. The summed E-state index contributed by atoms with van der Waals surface area (Å²) in [6, 6.07) is 4.21. The van der Waals surface area contributed by atoms with Crippen molar-refractivity contribution in [2.75, 3.05) is 6.54 Å². The molecule has 3 nitrogen and oxygen atoms in total. The van der Waals surface area contributed by atoms with E-state index in [-0.39, 0.29) is 17.2 Å². The smallest absolute Gasteiger partial charge is 0.223 e. The zero-order valence-electron chi connectivity index (χ0n) is 15.4. The van der Waals surface area contributed by atoms with Gasteiger partial charge in [-0.2, -0.15) is 0 Å². The molecule has 1 aliphatic rings. The first-order valence-corrected chi connectivity index (χ1v) is 10.4. The molecule has 0 aromatic carbocycles. The Morgan fingerprint density at radius 3 is 2.38 bits per heavy atom. The molecular weight excluding hydrogens is 318 g/mol. The number of aliphatic hydroxyl groups excluding tert-OH is 1. The number of carbonyl (C=O) groups excluding carboxylic acids is 1. The van der Waals surface area contributed by atoms with Gasteiger partial charge in [-0.25, -0.2) is 0 Å². The highest BCUT2D eigenvalue weighted by Gasteiger charge is 2.37. The first-order valence-electron chi connectivity index (χ1n) is 9.58. The van der Waals surface area contributed by atoms with E-state index in [0.717, 1.165) is 49.9 Å². The minimum absolute atomic E-state index is 0.0798. The summed E-state index contributed by atoms with van der Waals surface area (Å²) in [5, 5.41) is 13.1. The highest BCUT2D eigenvalue weighted by molar-refractivity contribution is 7.12. The maximum atomic E-state index is 12.6. The topological polar surface area (TPSA) is 49.3 Å². The van der Waals surface area contributed by atoms with Crippen molar-refractivity contribution in [3.05, 3.63) is 21.9 Å². The Kier molecular flexibility index (Phi) is 7.30. The molecule has 1 saturated carbocycles. The van der Waals surface area contributed by atoms with E-state index < -0.39 is 6.10 Å². The maximum absolute atomic E-state index is 12.6. The van der Waals surface area contributed by atoms with Crippen molar-refractivity contribution in [1.82, 2.24) is 5.32 Å². The van der Waals surface area contributed by atoms with Crippen molar-refractivity contribution in [2.24, 2.45) is 5.92 Å². The van der Waals surface area contributed by atoms with Crippen LogP contribution >= 0.6 is 11.3 Å². The molecule has 2 rings (SSSR count). The van der Waals surface area contributed by atoms with E-state index in [1.807, 2.05) is 13.0 Å².